The van der Waals surface area contributed by atoms with Crippen molar-refractivity contribution in [2.24, 2.45) is 0 Å². The molecule has 1 nitrogen and oxygen atoms in total. The number of aryl methyl sites for hydroxylation is 2. The first-order valence-electron chi connectivity index (χ1n) is 7.96. The minimum Gasteiger partial charge on any atom is -0.252 e. The van der Waals surface area contributed by atoms with E-state index in [2.05, 4.69) is 65.7 Å². The molecular weight excluding hydrogens is 330 g/mol. The zero-order chi connectivity index (χ0) is 16.3. The predicted octanol–water partition coefficient (Wildman–Crippen LogP) is 6.95. The average Bonchev–Trinajstić information content (AvgIpc) is 3.26. The van der Waals surface area contributed by atoms with Gasteiger partial charge in [0, 0.05) is 38.2 Å². The monoisotopic (exact) mass is 345 g/mol. The van der Waals surface area contributed by atoms with Gasteiger partial charge in [0.2, 0.25) is 0 Å². The van der Waals surface area contributed by atoms with Gasteiger partial charge in [-0.05, 0) is 46.3 Å². The van der Waals surface area contributed by atoms with E-state index >= 15 is 0 Å². The van der Waals surface area contributed by atoms with Crippen LogP contribution in [0.4, 0.5) is 0 Å². The van der Waals surface area contributed by atoms with Crippen LogP contribution in [-0.4, -0.2) is 4.98 Å². The Morgan fingerprint density at radius 3 is 1.96 bits per heavy atom. The van der Waals surface area contributed by atoms with Crippen molar-refractivity contribution in [1.29, 1.82) is 0 Å². The SMILES string of the molecule is Cc1nc(-c2ccccc2)c(C)c2c3cscc3c3cscc3c12. The molecule has 0 radical (unpaired) electrons. The second-order valence-corrected chi connectivity index (χ2v) is 7.67. The van der Waals surface area contributed by atoms with Crippen LogP contribution in [0.15, 0.2) is 51.9 Å². The zero-order valence-corrected chi connectivity index (χ0v) is 15.1. The number of fused-ring (bicyclic) bond motifs is 6. The van der Waals surface area contributed by atoms with Crippen LogP contribution in [0.5, 0.6) is 0 Å². The van der Waals surface area contributed by atoms with Crippen molar-refractivity contribution in [3.05, 3.63) is 63.1 Å². The van der Waals surface area contributed by atoms with E-state index in [1.165, 1.54) is 43.4 Å². The van der Waals surface area contributed by atoms with Gasteiger partial charge < -0.3 is 0 Å². The Bertz CT molecular complexity index is 1210. The summed E-state index contributed by atoms with van der Waals surface area (Å²) in [6.07, 6.45) is 0. The highest BCUT2D eigenvalue weighted by atomic mass is 32.1. The van der Waals surface area contributed by atoms with Crippen LogP contribution in [0.3, 0.4) is 0 Å². The van der Waals surface area contributed by atoms with Crippen LogP contribution in [0, 0.1) is 13.8 Å². The van der Waals surface area contributed by atoms with Crippen molar-refractivity contribution in [3.63, 3.8) is 0 Å². The Morgan fingerprint density at radius 2 is 1.29 bits per heavy atom. The summed E-state index contributed by atoms with van der Waals surface area (Å²) in [7, 11) is 0. The van der Waals surface area contributed by atoms with Gasteiger partial charge in [-0.25, -0.2) is 0 Å². The molecule has 0 atom stereocenters. The first kappa shape index (κ1) is 14.1. The van der Waals surface area contributed by atoms with Gasteiger partial charge in [-0.15, -0.1) is 0 Å². The van der Waals surface area contributed by atoms with Gasteiger partial charge in [0.25, 0.3) is 0 Å². The molecule has 0 aliphatic rings. The highest BCUT2D eigenvalue weighted by Crippen LogP contribution is 2.42. The minimum atomic E-state index is 1.10. The van der Waals surface area contributed by atoms with E-state index < -0.39 is 0 Å². The molecule has 0 unspecified atom stereocenters. The molecular formula is C21H15NS2. The summed E-state index contributed by atoms with van der Waals surface area (Å²) in [5, 5.41) is 17.2. The summed E-state index contributed by atoms with van der Waals surface area (Å²) in [6.45, 7) is 4.36. The van der Waals surface area contributed by atoms with Crippen molar-refractivity contribution >= 4 is 55.0 Å². The molecule has 0 saturated carbocycles. The van der Waals surface area contributed by atoms with Gasteiger partial charge in [-0.1, -0.05) is 30.3 Å². The lowest BCUT2D eigenvalue weighted by atomic mass is 9.93. The molecule has 0 aliphatic heterocycles. The number of benzene rings is 2. The Hall–Kier alpha value is -2.23. The van der Waals surface area contributed by atoms with E-state index in [0.717, 1.165) is 11.4 Å². The van der Waals surface area contributed by atoms with Gasteiger partial charge >= 0.3 is 0 Å². The van der Waals surface area contributed by atoms with E-state index in [1.54, 1.807) is 22.7 Å². The Morgan fingerprint density at radius 1 is 0.708 bits per heavy atom. The van der Waals surface area contributed by atoms with Crippen LogP contribution in [0.2, 0.25) is 0 Å². The maximum atomic E-state index is 5.00. The van der Waals surface area contributed by atoms with Gasteiger partial charge in [0.1, 0.15) is 0 Å². The highest BCUT2D eigenvalue weighted by molar-refractivity contribution is 7.11. The molecule has 0 N–H and O–H groups in total. The lowest BCUT2D eigenvalue weighted by Crippen LogP contribution is -1.95. The van der Waals surface area contributed by atoms with Crippen molar-refractivity contribution < 1.29 is 0 Å². The van der Waals surface area contributed by atoms with Crippen LogP contribution in [0.25, 0.3) is 43.6 Å². The van der Waals surface area contributed by atoms with E-state index in [-0.39, 0.29) is 0 Å². The van der Waals surface area contributed by atoms with Gasteiger partial charge in [-0.2, -0.15) is 22.7 Å². The van der Waals surface area contributed by atoms with Crippen LogP contribution < -0.4 is 0 Å². The summed E-state index contributed by atoms with van der Waals surface area (Å²) >= 11 is 3.56. The first-order chi connectivity index (χ1) is 11.8. The predicted molar refractivity (Wildman–Crippen MR) is 107 cm³/mol. The fourth-order valence-electron chi connectivity index (χ4n) is 3.74. The number of aromatic nitrogens is 1. The standard InChI is InChI=1S/C21H15NS2/c1-12-19-17-10-23-8-15(17)16-9-24-11-18(16)20(19)13(2)22-21(12)14-6-4-3-5-7-14/h3-11H,1-2H3. The second kappa shape index (κ2) is 5.13. The lowest BCUT2D eigenvalue weighted by molar-refractivity contribution is 1.22. The Labute approximate surface area is 148 Å². The fourth-order valence-corrected chi connectivity index (χ4v) is 5.41. The molecule has 0 aliphatic carbocycles. The largest absolute Gasteiger partial charge is 0.252 e. The van der Waals surface area contributed by atoms with Gasteiger partial charge in [0.15, 0.2) is 0 Å². The van der Waals surface area contributed by atoms with E-state index in [1.807, 2.05) is 0 Å². The number of hydrogen-bond acceptors (Lipinski definition) is 3. The van der Waals surface area contributed by atoms with Crippen molar-refractivity contribution in [2.75, 3.05) is 0 Å². The zero-order valence-electron chi connectivity index (χ0n) is 13.5. The summed E-state index contributed by atoms with van der Waals surface area (Å²) in [4.78, 5) is 5.00. The van der Waals surface area contributed by atoms with E-state index in [4.69, 9.17) is 4.98 Å². The maximum Gasteiger partial charge on any atom is 0.0740 e. The van der Waals surface area contributed by atoms with Crippen LogP contribution >= 0.6 is 22.7 Å². The molecule has 3 heteroatoms. The van der Waals surface area contributed by atoms with Crippen molar-refractivity contribution in [1.82, 2.24) is 4.98 Å². The fraction of sp³-hybridized carbons (Fsp3) is 0.0952. The highest BCUT2D eigenvalue weighted by Gasteiger charge is 2.17. The third kappa shape index (κ3) is 1.83. The third-order valence-electron chi connectivity index (χ3n) is 4.82. The molecule has 0 saturated heterocycles. The summed E-state index contributed by atoms with van der Waals surface area (Å²) in [6, 6.07) is 10.5. The quantitative estimate of drug-likeness (QED) is 0.320. The topological polar surface area (TPSA) is 12.9 Å². The molecule has 0 spiro atoms. The molecule has 5 aromatic rings. The second-order valence-electron chi connectivity index (χ2n) is 6.19. The third-order valence-corrected chi connectivity index (χ3v) is 6.31. The van der Waals surface area contributed by atoms with Crippen LogP contribution in [0.1, 0.15) is 11.3 Å². The number of rotatable bonds is 1. The molecule has 3 heterocycles. The Kier molecular flexibility index (Phi) is 3.02. The molecule has 24 heavy (non-hydrogen) atoms. The molecule has 116 valence electrons. The summed E-state index contributed by atoms with van der Waals surface area (Å²) < 4.78 is 0. The maximum absolute atomic E-state index is 5.00. The molecule has 2 aromatic carbocycles. The average molecular weight is 345 g/mol. The van der Waals surface area contributed by atoms with E-state index in [9.17, 15) is 0 Å². The number of hydrogen-bond donors (Lipinski definition) is 0. The van der Waals surface area contributed by atoms with E-state index in [0.29, 0.717) is 0 Å². The molecule has 3 aromatic heterocycles. The van der Waals surface area contributed by atoms with Gasteiger partial charge in [-0.3, -0.25) is 4.98 Å². The summed E-state index contributed by atoms with van der Waals surface area (Å²) in [5.41, 5.74) is 4.68. The molecule has 5 rings (SSSR count). The minimum absolute atomic E-state index is 1.10. The normalized spacial score (nSPS) is 11.8. The van der Waals surface area contributed by atoms with Crippen molar-refractivity contribution in [2.45, 2.75) is 13.8 Å². The smallest absolute Gasteiger partial charge is 0.0740 e. The lowest BCUT2D eigenvalue weighted by Gasteiger charge is -2.14. The first-order valence-corrected chi connectivity index (χ1v) is 9.84. The number of pyridine rings is 1. The van der Waals surface area contributed by atoms with Gasteiger partial charge in [0.05, 0.1) is 5.69 Å². The summed E-state index contributed by atoms with van der Waals surface area (Å²) in [5.74, 6) is 0. The number of nitrogens with zero attached hydrogens (tertiary/aromatic N) is 1. The van der Waals surface area contributed by atoms with Crippen molar-refractivity contribution in [3.8, 4) is 11.3 Å². The molecule has 0 bridgehead atoms. The number of thiophene rings is 2. The van der Waals surface area contributed by atoms with Crippen LogP contribution in [-0.2, 0) is 0 Å². The molecule has 0 amide bonds. The Balaban J connectivity index is 2.05. The molecule has 0 fully saturated rings.